The highest BCUT2D eigenvalue weighted by atomic mass is 35.5. The summed E-state index contributed by atoms with van der Waals surface area (Å²) in [4.78, 5) is 1.52. The maximum absolute atomic E-state index is 12.8. The Kier molecular flexibility index (Phi) is 5.40. The van der Waals surface area contributed by atoms with Crippen LogP contribution in [0.3, 0.4) is 0 Å². The first kappa shape index (κ1) is 17.9. The van der Waals surface area contributed by atoms with E-state index in [1.54, 1.807) is 18.2 Å². The molecule has 0 unspecified atom stereocenters. The van der Waals surface area contributed by atoms with Gasteiger partial charge in [0.25, 0.3) is 0 Å². The largest absolute Gasteiger partial charge is 0.329 e. The van der Waals surface area contributed by atoms with Crippen molar-refractivity contribution < 1.29 is 13.3 Å². The molecule has 0 atom stereocenters. The number of hydrogen-bond donors (Lipinski definition) is 1. The molecule has 0 amide bonds. The number of quaternary nitrogens is 1. The van der Waals surface area contributed by atoms with Crippen LogP contribution in [0.25, 0.3) is 0 Å². The Morgan fingerprint density at radius 3 is 2.52 bits per heavy atom. The summed E-state index contributed by atoms with van der Waals surface area (Å²) >= 11 is 6.02. The molecular formula is C18H19ClN3O2S+. The summed E-state index contributed by atoms with van der Waals surface area (Å²) in [5.74, 6) is 0. The summed E-state index contributed by atoms with van der Waals surface area (Å²) in [7, 11) is -3.55. The third-order valence-corrected chi connectivity index (χ3v) is 6.50. The summed E-state index contributed by atoms with van der Waals surface area (Å²) in [5, 5.41) is 9.68. The van der Waals surface area contributed by atoms with Gasteiger partial charge >= 0.3 is 0 Å². The van der Waals surface area contributed by atoms with Crippen molar-refractivity contribution in [2.75, 3.05) is 26.2 Å². The molecule has 0 bridgehead atoms. The van der Waals surface area contributed by atoms with Crippen molar-refractivity contribution in [1.29, 1.82) is 5.26 Å². The third kappa shape index (κ3) is 4.20. The first-order valence-electron chi connectivity index (χ1n) is 8.07. The summed E-state index contributed by atoms with van der Waals surface area (Å²) in [6.45, 7) is 3.25. The number of nitrogens with zero attached hydrogens (tertiary/aromatic N) is 2. The minimum Gasteiger partial charge on any atom is -0.329 e. The van der Waals surface area contributed by atoms with Gasteiger partial charge in [-0.25, -0.2) is 8.42 Å². The summed E-state index contributed by atoms with van der Waals surface area (Å²) < 4.78 is 27.0. The van der Waals surface area contributed by atoms with Crippen LogP contribution in [-0.2, 0) is 16.6 Å². The Morgan fingerprint density at radius 1 is 1.12 bits per heavy atom. The van der Waals surface area contributed by atoms with Gasteiger partial charge in [0.1, 0.15) is 6.54 Å². The number of nitriles is 1. The molecular weight excluding hydrogens is 358 g/mol. The molecule has 130 valence electrons. The van der Waals surface area contributed by atoms with Gasteiger partial charge in [-0.2, -0.15) is 9.57 Å². The lowest BCUT2D eigenvalue weighted by Gasteiger charge is -2.31. The standard InChI is InChI=1S/C18H18ClN3O2S/c19-17-5-1-4-16(11-17)14-21-7-9-22(10-8-21)25(23,24)18-6-2-3-15(12-18)13-20/h1-6,11-12H,7-10,14H2/p+1. The molecule has 1 heterocycles. The zero-order valence-corrected chi connectivity index (χ0v) is 15.2. The van der Waals surface area contributed by atoms with Crippen molar-refractivity contribution in [3.8, 4) is 6.07 Å². The van der Waals surface area contributed by atoms with E-state index in [-0.39, 0.29) is 4.90 Å². The molecule has 0 aliphatic carbocycles. The van der Waals surface area contributed by atoms with Gasteiger partial charge in [0.05, 0.1) is 42.7 Å². The molecule has 0 saturated carbocycles. The van der Waals surface area contributed by atoms with E-state index >= 15 is 0 Å². The van der Waals surface area contributed by atoms with E-state index in [1.165, 1.54) is 15.3 Å². The lowest BCUT2D eigenvalue weighted by atomic mass is 10.2. The second kappa shape index (κ2) is 7.54. The molecule has 0 radical (unpaired) electrons. The monoisotopic (exact) mass is 376 g/mol. The van der Waals surface area contributed by atoms with Gasteiger partial charge in [0.2, 0.25) is 10.0 Å². The number of piperazine rings is 1. The Morgan fingerprint density at radius 2 is 1.84 bits per heavy atom. The fraction of sp³-hybridized carbons (Fsp3) is 0.278. The molecule has 5 nitrogen and oxygen atoms in total. The van der Waals surface area contributed by atoms with Crippen LogP contribution in [0.4, 0.5) is 0 Å². The first-order valence-corrected chi connectivity index (χ1v) is 9.89. The highest BCUT2D eigenvalue weighted by Crippen LogP contribution is 2.17. The van der Waals surface area contributed by atoms with Gasteiger partial charge in [-0.05, 0) is 30.3 Å². The van der Waals surface area contributed by atoms with Gasteiger partial charge in [-0.15, -0.1) is 0 Å². The highest BCUT2D eigenvalue weighted by Gasteiger charge is 2.30. The van der Waals surface area contributed by atoms with E-state index in [9.17, 15) is 8.42 Å². The normalized spacial score (nSPS) is 16.5. The molecule has 0 spiro atoms. The SMILES string of the molecule is N#Cc1cccc(S(=O)(=O)N2CC[NH+](Cc3cccc(Cl)c3)CC2)c1. The predicted octanol–water partition coefficient (Wildman–Crippen LogP) is 1.30. The molecule has 1 aliphatic heterocycles. The van der Waals surface area contributed by atoms with Crippen LogP contribution in [-0.4, -0.2) is 38.9 Å². The number of sulfonamides is 1. The van der Waals surface area contributed by atoms with E-state index in [4.69, 9.17) is 16.9 Å². The smallest absolute Gasteiger partial charge is 0.243 e. The van der Waals surface area contributed by atoms with Crippen molar-refractivity contribution in [2.45, 2.75) is 11.4 Å². The molecule has 3 rings (SSSR count). The number of rotatable bonds is 4. The van der Waals surface area contributed by atoms with Crippen LogP contribution in [0.5, 0.6) is 0 Å². The van der Waals surface area contributed by atoms with Crippen molar-refractivity contribution in [1.82, 2.24) is 4.31 Å². The van der Waals surface area contributed by atoms with Crippen LogP contribution >= 0.6 is 11.6 Å². The minimum atomic E-state index is -3.55. The van der Waals surface area contributed by atoms with Crippen LogP contribution in [0.15, 0.2) is 53.4 Å². The Labute approximate surface area is 153 Å². The molecule has 25 heavy (non-hydrogen) atoms. The van der Waals surface area contributed by atoms with Gasteiger partial charge in [-0.1, -0.05) is 29.8 Å². The zero-order chi connectivity index (χ0) is 17.9. The Balaban J connectivity index is 1.66. The van der Waals surface area contributed by atoms with E-state index in [0.29, 0.717) is 18.7 Å². The summed E-state index contributed by atoms with van der Waals surface area (Å²) in [6.07, 6.45) is 0. The summed E-state index contributed by atoms with van der Waals surface area (Å²) in [5.41, 5.74) is 1.51. The van der Waals surface area contributed by atoms with Gasteiger partial charge in [0.15, 0.2) is 0 Å². The average molecular weight is 377 g/mol. The van der Waals surface area contributed by atoms with Crippen LogP contribution in [0.2, 0.25) is 5.02 Å². The van der Waals surface area contributed by atoms with Crippen molar-refractivity contribution in [2.24, 2.45) is 0 Å². The molecule has 7 heteroatoms. The predicted molar refractivity (Wildman–Crippen MR) is 95.8 cm³/mol. The van der Waals surface area contributed by atoms with Gasteiger partial charge < -0.3 is 4.90 Å². The van der Waals surface area contributed by atoms with E-state index in [2.05, 4.69) is 0 Å². The fourth-order valence-electron chi connectivity index (χ4n) is 3.03. The van der Waals surface area contributed by atoms with Crippen molar-refractivity contribution in [3.05, 3.63) is 64.7 Å². The van der Waals surface area contributed by atoms with Gasteiger partial charge in [-0.3, -0.25) is 0 Å². The average Bonchev–Trinajstić information content (AvgIpc) is 2.62. The number of hydrogen-bond acceptors (Lipinski definition) is 3. The maximum atomic E-state index is 12.8. The van der Waals surface area contributed by atoms with Crippen LogP contribution < -0.4 is 4.90 Å². The van der Waals surface area contributed by atoms with Crippen LogP contribution in [0, 0.1) is 11.3 Å². The lowest BCUT2D eigenvalue weighted by molar-refractivity contribution is -0.917. The Hall–Kier alpha value is -1.91. The topological polar surface area (TPSA) is 65.6 Å². The number of nitrogens with one attached hydrogen (secondary N) is 1. The van der Waals surface area contributed by atoms with Gasteiger partial charge in [0, 0.05) is 10.6 Å². The molecule has 1 saturated heterocycles. The maximum Gasteiger partial charge on any atom is 0.243 e. The molecule has 1 aliphatic rings. The summed E-state index contributed by atoms with van der Waals surface area (Å²) in [6, 6.07) is 15.9. The molecule has 0 aromatic heterocycles. The fourth-order valence-corrected chi connectivity index (χ4v) is 4.73. The third-order valence-electron chi connectivity index (χ3n) is 4.37. The van der Waals surface area contributed by atoms with Crippen LogP contribution in [0.1, 0.15) is 11.1 Å². The first-order chi connectivity index (χ1) is 12.0. The minimum absolute atomic E-state index is 0.185. The molecule has 1 fully saturated rings. The van der Waals surface area contributed by atoms with Crippen molar-refractivity contribution in [3.63, 3.8) is 0 Å². The second-order valence-electron chi connectivity index (χ2n) is 6.10. The van der Waals surface area contributed by atoms with E-state index in [0.717, 1.165) is 30.2 Å². The molecule has 2 aromatic carbocycles. The molecule has 2 aromatic rings. The number of benzene rings is 2. The van der Waals surface area contributed by atoms with Crippen molar-refractivity contribution >= 4 is 21.6 Å². The zero-order valence-electron chi connectivity index (χ0n) is 13.7. The number of halogens is 1. The Bertz CT molecular complexity index is 901. The second-order valence-corrected chi connectivity index (χ2v) is 8.47. The highest BCUT2D eigenvalue weighted by molar-refractivity contribution is 7.89. The van der Waals surface area contributed by atoms with E-state index < -0.39 is 10.0 Å². The van der Waals surface area contributed by atoms with E-state index in [1.807, 2.05) is 30.3 Å². The lowest BCUT2D eigenvalue weighted by Crippen LogP contribution is -3.13. The quantitative estimate of drug-likeness (QED) is 0.874. The molecule has 1 N–H and O–H groups in total.